The van der Waals surface area contributed by atoms with E-state index in [2.05, 4.69) is 27.3 Å². The maximum atomic E-state index is 13.2. The fourth-order valence-corrected chi connectivity index (χ4v) is 2.86. The normalized spacial score (nSPS) is 9.58. The summed E-state index contributed by atoms with van der Waals surface area (Å²) in [6.07, 6.45) is 9.81. The summed E-state index contributed by atoms with van der Waals surface area (Å²) in [5.41, 5.74) is 1.73. The molecule has 0 saturated heterocycles. The van der Waals surface area contributed by atoms with Crippen LogP contribution >= 0.6 is 0 Å². The molecule has 0 fully saturated rings. The Morgan fingerprint density at radius 3 is 1.47 bits per heavy atom. The largest absolute Gasteiger partial charge is 0.477 e. The van der Waals surface area contributed by atoms with Gasteiger partial charge in [-0.3, -0.25) is 0 Å². The molecule has 0 atom stereocenters. The molecular weight excluding hydrogens is 679 g/mol. The molecule has 0 aliphatic carbocycles. The van der Waals surface area contributed by atoms with Crippen LogP contribution in [0.5, 0.6) is 0 Å². The maximum absolute atomic E-state index is 13.2. The predicted octanol–water partition coefficient (Wildman–Crippen LogP) is 6.43. The van der Waals surface area contributed by atoms with E-state index < -0.39 is 29.2 Å². The van der Waals surface area contributed by atoms with Crippen molar-refractivity contribution in [2.75, 3.05) is 0 Å². The number of aromatic carboxylic acids is 1. The fourth-order valence-electron chi connectivity index (χ4n) is 2.86. The Morgan fingerprint density at radius 2 is 1.16 bits per heavy atom. The summed E-state index contributed by atoms with van der Waals surface area (Å²) >= 11 is 0. The average molecular weight is 696 g/mol. The summed E-state index contributed by atoms with van der Waals surface area (Å²) in [5.74, 6) is -3.37. The van der Waals surface area contributed by atoms with Gasteiger partial charge in [0, 0.05) is 38.4 Å². The van der Waals surface area contributed by atoms with E-state index in [4.69, 9.17) is 5.11 Å². The Kier molecular flexibility index (Phi) is 11.9. The molecule has 0 aliphatic rings. The average Bonchev–Trinajstić information content (AvgIpc) is 2.91. The number of rotatable bonds is 3. The van der Waals surface area contributed by atoms with E-state index in [-0.39, 0.29) is 25.8 Å². The van der Waals surface area contributed by atoms with Crippen LogP contribution in [0, 0.1) is 35.7 Å². The molecule has 5 nitrogen and oxygen atoms in total. The van der Waals surface area contributed by atoms with E-state index in [0.29, 0.717) is 22.3 Å². The Morgan fingerprint density at radius 1 is 0.658 bits per heavy atom. The Labute approximate surface area is 229 Å². The van der Waals surface area contributed by atoms with Gasteiger partial charge in [-0.15, -0.1) is 35.4 Å². The van der Waals surface area contributed by atoms with Gasteiger partial charge in [-0.2, -0.15) is 0 Å². The van der Waals surface area contributed by atoms with E-state index in [0.717, 1.165) is 12.1 Å². The zero-order chi connectivity index (χ0) is 26.6. The maximum Gasteiger partial charge on any atom is 0.354 e. The van der Waals surface area contributed by atoms with Crippen molar-refractivity contribution < 1.29 is 47.6 Å². The third-order valence-electron chi connectivity index (χ3n) is 4.54. The van der Waals surface area contributed by atoms with Crippen LogP contribution in [0.25, 0.3) is 22.3 Å². The Bertz CT molecular complexity index is 1360. The summed E-state index contributed by atoms with van der Waals surface area (Å²) in [7, 11) is 0. The molecule has 5 aromatic rings. The van der Waals surface area contributed by atoms with Gasteiger partial charge < -0.3 is 15.1 Å². The summed E-state index contributed by atoms with van der Waals surface area (Å²) in [6.45, 7) is 0. The van der Waals surface area contributed by atoms with Crippen LogP contribution < -0.4 is 0 Å². The van der Waals surface area contributed by atoms with Crippen molar-refractivity contribution in [3.8, 4) is 22.3 Å². The van der Waals surface area contributed by atoms with Gasteiger partial charge in [-0.1, -0.05) is 41.7 Å². The van der Waals surface area contributed by atoms with E-state index in [1.807, 2.05) is 0 Å². The molecule has 3 heterocycles. The van der Waals surface area contributed by atoms with Gasteiger partial charge in [0.15, 0.2) is 0 Å². The van der Waals surface area contributed by atoms with Crippen molar-refractivity contribution in [2.45, 2.75) is 0 Å². The molecule has 0 spiro atoms. The SMILES string of the molecule is Fc1ccc(-c2[c-]nccc2)c(F)c1.Fc1ccc(-c2[c-]nccc2)c(F)c1.O=C(O)c1ccccn1.[Ir]. The van der Waals surface area contributed by atoms with Gasteiger partial charge >= 0.3 is 5.97 Å². The number of carboxylic acids is 1. The van der Waals surface area contributed by atoms with E-state index >= 15 is 0 Å². The van der Waals surface area contributed by atoms with Gasteiger partial charge in [-0.05, 0) is 36.7 Å². The van der Waals surface area contributed by atoms with Gasteiger partial charge in [0.2, 0.25) is 0 Å². The molecular formula is C28H17F4IrN3O2-2. The van der Waals surface area contributed by atoms with Crippen LogP contribution in [0.1, 0.15) is 10.5 Å². The van der Waals surface area contributed by atoms with Crippen LogP contribution in [0.4, 0.5) is 17.6 Å². The number of pyridine rings is 3. The number of carbonyl (C=O) groups is 1. The van der Waals surface area contributed by atoms with Gasteiger partial charge in [0.25, 0.3) is 0 Å². The molecule has 10 heteroatoms. The number of benzene rings is 2. The number of carboxylic acid groups (broad SMARTS) is 1. The molecule has 0 bridgehead atoms. The molecule has 0 aliphatic heterocycles. The minimum atomic E-state index is -0.990. The van der Waals surface area contributed by atoms with Crippen LogP contribution in [0.15, 0.2) is 97.5 Å². The Hall–Kier alpha value is -4.27. The second-order valence-corrected chi connectivity index (χ2v) is 7.09. The van der Waals surface area contributed by atoms with Gasteiger partial charge in [0.1, 0.15) is 17.3 Å². The van der Waals surface area contributed by atoms with Crippen molar-refractivity contribution in [1.82, 2.24) is 15.0 Å². The third-order valence-corrected chi connectivity index (χ3v) is 4.54. The van der Waals surface area contributed by atoms with Crippen molar-refractivity contribution in [2.24, 2.45) is 0 Å². The first-order valence-electron chi connectivity index (χ1n) is 10.6. The molecule has 1 radical (unpaired) electrons. The van der Waals surface area contributed by atoms with Crippen molar-refractivity contribution >= 4 is 5.97 Å². The first-order valence-corrected chi connectivity index (χ1v) is 10.6. The summed E-state index contributed by atoms with van der Waals surface area (Å²) < 4.78 is 51.7. The molecule has 38 heavy (non-hydrogen) atoms. The van der Waals surface area contributed by atoms with Crippen LogP contribution in [-0.4, -0.2) is 26.0 Å². The van der Waals surface area contributed by atoms with E-state index in [9.17, 15) is 22.4 Å². The molecule has 1 N–H and O–H groups in total. The molecule has 0 unspecified atom stereocenters. The molecule has 2 aromatic carbocycles. The fraction of sp³-hybridized carbons (Fsp3) is 0. The number of aromatic nitrogens is 3. The smallest absolute Gasteiger partial charge is 0.354 e. The second kappa shape index (κ2) is 15.1. The van der Waals surface area contributed by atoms with Crippen molar-refractivity contribution in [1.29, 1.82) is 0 Å². The zero-order valence-corrected chi connectivity index (χ0v) is 21.7. The van der Waals surface area contributed by atoms with Crippen LogP contribution in [0.2, 0.25) is 0 Å². The zero-order valence-electron chi connectivity index (χ0n) is 19.3. The molecule has 195 valence electrons. The van der Waals surface area contributed by atoms with Gasteiger partial charge in [-0.25, -0.2) is 27.3 Å². The molecule has 3 aromatic heterocycles. The van der Waals surface area contributed by atoms with Gasteiger partial charge in [0.05, 0.1) is 11.6 Å². The Balaban J connectivity index is 0.000000203. The van der Waals surface area contributed by atoms with Crippen molar-refractivity contribution in [3.05, 3.63) is 139 Å². The molecule has 0 saturated carbocycles. The van der Waals surface area contributed by atoms with E-state index in [1.165, 1.54) is 36.5 Å². The number of hydrogen-bond acceptors (Lipinski definition) is 4. The quantitative estimate of drug-likeness (QED) is 0.174. The minimum Gasteiger partial charge on any atom is -0.477 e. The summed E-state index contributed by atoms with van der Waals surface area (Å²) in [4.78, 5) is 21.2. The second-order valence-electron chi connectivity index (χ2n) is 7.09. The monoisotopic (exact) mass is 696 g/mol. The topological polar surface area (TPSA) is 76.0 Å². The van der Waals surface area contributed by atoms with E-state index in [1.54, 1.807) is 48.8 Å². The summed E-state index contributed by atoms with van der Waals surface area (Å²) in [5, 5.41) is 8.32. The number of hydrogen-bond donors (Lipinski definition) is 1. The first-order chi connectivity index (χ1) is 17.8. The third kappa shape index (κ3) is 8.99. The summed E-state index contributed by atoms with van der Waals surface area (Å²) in [6, 6.07) is 18.3. The minimum absolute atomic E-state index is 0. The first kappa shape index (κ1) is 30.0. The van der Waals surface area contributed by atoms with Crippen LogP contribution in [-0.2, 0) is 20.1 Å². The number of nitrogens with zero attached hydrogens (tertiary/aromatic N) is 3. The standard InChI is InChI=1S/2C11H6F2N.C6H5NO2.Ir/c2*12-9-3-4-10(11(13)6-9)8-2-1-5-14-7-8;8-6(9)5-3-1-2-4-7-5;/h2*1-6H;1-4H,(H,8,9);/q2*-1;;. The molecule has 5 rings (SSSR count). The number of halogens is 4. The van der Waals surface area contributed by atoms with Crippen molar-refractivity contribution in [3.63, 3.8) is 0 Å². The predicted molar refractivity (Wildman–Crippen MR) is 128 cm³/mol. The molecule has 0 amide bonds. The van der Waals surface area contributed by atoms with Crippen LogP contribution in [0.3, 0.4) is 0 Å².